The number of fused-ring (bicyclic) bond motifs is 1. The Hall–Kier alpha value is -1.56. The van der Waals surface area contributed by atoms with Gasteiger partial charge in [-0.1, -0.05) is 11.6 Å². The monoisotopic (exact) mass is 336 g/mol. The van der Waals surface area contributed by atoms with Gasteiger partial charge in [0, 0.05) is 36.5 Å². The van der Waals surface area contributed by atoms with Crippen molar-refractivity contribution in [2.24, 2.45) is 0 Å². The summed E-state index contributed by atoms with van der Waals surface area (Å²) >= 11 is 5.99. The number of furan rings is 1. The molecule has 1 saturated heterocycles. The summed E-state index contributed by atoms with van der Waals surface area (Å²) in [4.78, 5) is 13.9. The number of amides is 1. The molecule has 1 aromatic carbocycles. The topological polar surface area (TPSA) is 54.7 Å². The van der Waals surface area contributed by atoms with E-state index in [1.165, 1.54) is 0 Å². The number of hydrogen-bond donors (Lipinski definition) is 1. The number of nitrogens with zero attached hydrogens (tertiary/aromatic N) is 1. The van der Waals surface area contributed by atoms with Crippen molar-refractivity contribution in [2.75, 3.05) is 32.8 Å². The molecule has 0 spiro atoms. The fourth-order valence-electron chi connectivity index (χ4n) is 2.72. The van der Waals surface area contributed by atoms with Crippen LogP contribution in [-0.2, 0) is 9.53 Å². The maximum atomic E-state index is 12.1. The Morgan fingerprint density at radius 3 is 2.91 bits per heavy atom. The molecule has 0 radical (unpaired) electrons. The number of nitrogens with one attached hydrogen (secondary N) is 1. The second kappa shape index (κ2) is 7.34. The SMILES string of the molecule is C[C@H](NCCC(=O)N1CCOCC1)c1cc2cc(Cl)ccc2o1. The average molecular weight is 337 g/mol. The molecule has 1 N–H and O–H groups in total. The van der Waals surface area contributed by atoms with Gasteiger partial charge in [0.1, 0.15) is 11.3 Å². The van der Waals surface area contributed by atoms with Crippen LogP contribution in [0.2, 0.25) is 5.02 Å². The molecule has 23 heavy (non-hydrogen) atoms. The van der Waals surface area contributed by atoms with E-state index in [9.17, 15) is 4.79 Å². The Labute approximate surface area is 140 Å². The van der Waals surface area contributed by atoms with Crippen LogP contribution in [-0.4, -0.2) is 43.7 Å². The highest BCUT2D eigenvalue weighted by Crippen LogP contribution is 2.26. The zero-order valence-corrected chi connectivity index (χ0v) is 13.9. The minimum atomic E-state index is 0.0404. The molecule has 2 heterocycles. The Morgan fingerprint density at radius 1 is 1.35 bits per heavy atom. The lowest BCUT2D eigenvalue weighted by Crippen LogP contribution is -2.41. The number of ether oxygens (including phenoxy) is 1. The molecule has 2 aromatic rings. The van der Waals surface area contributed by atoms with Gasteiger partial charge in [-0.2, -0.15) is 0 Å². The molecule has 0 unspecified atom stereocenters. The minimum absolute atomic E-state index is 0.0404. The predicted molar refractivity (Wildman–Crippen MR) is 89.7 cm³/mol. The number of morpholine rings is 1. The van der Waals surface area contributed by atoms with E-state index >= 15 is 0 Å². The average Bonchev–Trinajstić information content (AvgIpc) is 2.98. The van der Waals surface area contributed by atoms with Crippen molar-refractivity contribution in [1.82, 2.24) is 10.2 Å². The summed E-state index contributed by atoms with van der Waals surface area (Å²) in [7, 11) is 0. The van der Waals surface area contributed by atoms with Crippen LogP contribution in [0.15, 0.2) is 28.7 Å². The van der Waals surface area contributed by atoms with Gasteiger partial charge in [-0.05, 0) is 31.2 Å². The number of carbonyl (C=O) groups is 1. The largest absolute Gasteiger partial charge is 0.459 e. The Morgan fingerprint density at radius 2 is 2.13 bits per heavy atom. The summed E-state index contributed by atoms with van der Waals surface area (Å²) in [5.74, 6) is 1.02. The van der Waals surface area contributed by atoms with Crippen LogP contribution in [0, 0.1) is 0 Å². The molecular formula is C17H21ClN2O3. The molecule has 1 amide bonds. The smallest absolute Gasteiger partial charge is 0.224 e. The van der Waals surface area contributed by atoms with Crippen molar-refractivity contribution >= 4 is 28.5 Å². The quantitative estimate of drug-likeness (QED) is 0.912. The molecule has 1 aromatic heterocycles. The Kier molecular flexibility index (Phi) is 5.20. The summed E-state index contributed by atoms with van der Waals surface area (Å²) in [5.41, 5.74) is 0.822. The number of benzene rings is 1. The first-order chi connectivity index (χ1) is 11.1. The van der Waals surface area contributed by atoms with E-state index in [0.29, 0.717) is 44.3 Å². The molecule has 1 aliphatic heterocycles. The highest BCUT2D eigenvalue weighted by molar-refractivity contribution is 6.31. The van der Waals surface area contributed by atoms with E-state index < -0.39 is 0 Å². The Balaban J connectivity index is 1.51. The highest BCUT2D eigenvalue weighted by atomic mass is 35.5. The van der Waals surface area contributed by atoms with E-state index in [1.807, 2.05) is 36.1 Å². The summed E-state index contributed by atoms with van der Waals surface area (Å²) < 4.78 is 11.1. The van der Waals surface area contributed by atoms with Crippen LogP contribution >= 0.6 is 11.6 Å². The standard InChI is InChI=1S/C17H21ClN2O3/c1-12(16-11-13-10-14(18)2-3-15(13)23-16)19-5-4-17(21)20-6-8-22-9-7-20/h2-3,10-12,19H,4-9H2,1H3/t12-/m0/s1. The maximum absolute atomic E-state index is 12.1. The fraction of sp³-hybridized carbons (Fsp3) is 0.471. The summed E-state index contributed by atoms with van der Waals surface area (Å²) in [6.07, 6.45) is 0.483. The lowest BCUT2D eigenvalue weighted by Gasteiger charge is -2.27. The van der Waals surface area contributed by atoms with Gasteiger partial charge < -0.3 is 19.4 Å². The molecule has 1 aliphatic rings. The summed E-state index contributed by atoms with van der Waals surface area (Å²) in [5, 5.41) is 5.03. The minimum Gasteiger partial charge on any atom is -0.459 e. The highest BCUT2D eigenvalue weighted by Gasteiger charge is 2.17. The molecule has 3 rings (SSSR count). The normalized spacial score (nSPS) is 16.7. The molecule has 124 valence electrons. The molecule has 0 saturated carbocycles. The van der Waals surface area contributed by atoms with E-state index in [2.05, 4.69) is 5.32 Å². The van der Waals surface area contributed by atoms with E-state index in [1.54, 1.807) is 0 Å². The van der Waals surface area contributed by atoms with Crippen molar-refractivity contribution in [3.05, 3.63) is 35.0 Å². The summed E-state index contributed by atoms with van der Waals surface area (Å²) in [6.45, 7) is 5.30. The first-order valence-electron chi connectivity index (χ1n) is 7.91. The summed E-state index contributed by atoms with van der Waals surface area (Å²) in [6, 6.07) is 7.60. The number of halogens is 1. The van der Waals surface area contributed by atoms with E-state index in [0.717, 1.165) is 16.7 Å². The molecule has 1 atom stereocenters. The third-order valence-electron chi connectivity index (χ3n) is 4.08. The van der Waals surface area contributed by atoms with Gasteiger partial charge >= 0.3 is 0 Å². The lowest BCUT2D eigenvalue weighted by atomic mass is 10.2. The molecule has 0 bridgehead atoms. The molecule has 0 aliphatic carbocycles. The second-order valence-electron chi connectivity index (χ2n) is 5.75. The van der Waals surface area contributed by atoms with Crippen LogP contribution in [0.3, 0.4) is 0 Å². The zero-order chi connectivity index (χ0) is 16.2. The Bertz CT molecular complexity index is 680. The van der Waals surface area contributed by atoms with Crippen molar-refractivity contribution in [1.29, 1.82) is 0 Å². The van der Waals surface area contributed by atoms with Crippen molar-refractivity contribution in [3.63, 3.8) is 0 Å². The number of rotatable bonds is 5. The van der Waals surface area contributed by atoms with Gasteiger partial charge in [0.05, 0.1) is 19.3 Å². The van der Waals surface area contributed by atoms with E-state index in [4.69, 9.17) is 20.8 Å². The molecule has 1 fully saturated rings. The first-order valence-corrected chi connectivity index (χ1v) is 8.29. The molecule has 5 nitrogen and oxygen atoms in total. The van der Waals surface area contributed by atoms with Crippen molar-refractivity contribution < 1.29 is 13.9 Å². The molecular weight excluding hydrogens is 316 g/mol. The number of carbonyl (C=O) groups excluding carboxylic acids is 1. The predicted octanol–water partition coefficient (Wildman–Crippen LogP) is 2.99. The lowest BCUT2D eigenvalue weighted by molar-refractivity contribution is -0.135. The van der Waals surface area contributed by atoms with Crippen LogP contribution in [0.25, 0.3) is 11.0 Å². The van der Waals surface area contributed by atoms with Crippen LogP contribution in [0.5, 0.6) is 0 Å². The van der Waals surface area contributed by atoms with Gasteiger partial charge in [-0.3, -0.25) is 4.79 Å². The van der Waals surface area contributed by atoms with Gasteiger partial charge in [0.15, 0.2) is 0 Å². The fourth-order valence-corrected chi connectivity index (χ4v) is 2.90. The van der Waals surface area contributed by atoms with Gasteiger partial charge in [-0.25, -0.2) is 0 Å². The van der Waals surface area contributed by atoms with Gasteiger partial charge in [-0.15, -0.1) is 0 Å². The van der Waals surface area contributed by atoms with Gasteiger partial charge in [0.2, 0.25) is 5.91 Å². The maximum Gasteiger partial charge on any atom is 0.224 e. The van der Waals surface area contributed by atoms with Crippen LogP contribution in [0.1, 0.15) is 25.1 Å². The van der Waals surface area contributed by atoms with Crippen LogP contribution < -0.4 is 5.32 Å². The third kappa shape index (κ3) is 4.05. The third-order valence-corrected chi connectivity index (χ3v) is 4.31. The van der Waals surface area contributed by atoms with Crippen molar-refractivity contribution in [3.8, 4) is 0 Å². The molecule has 6 heteroatoms. The van der Waals surface area contributed by atoms with Crippen LogP contribution in [0.4, 0.5) is 0 Å². The zero-order valence-electron chi connectivity index (χ0n) is 13.2. The van der Waals surface area contributed by atoms with E-state index in [-0.39, 0.29) is 11.9 Å². The van der Waals surface area contributed by atoms with Gasteiger partial charge in [0.25, 0.3) is 0 Å². The van der Waals surface area contributed by atoms with Crippen molar-refractivity contribution in [2.45, 2.75) is 19.4 Å². The number of hydrogen-bond acceptors (Lipinski definition) is 4. The second-order valence-corrected chi connectivity index (χ2v) is 6.19. The first kappa shape index (κ1) is 16.3.